The molecular formula is C7H4Cl2O. The molecule has 52 valence electrons. The normalized spacial score (nSPS) is 16.2. The van der Waals surface area contributed by atoms with Crippen molar-refractivity contribution >= 4 is 29.0 Å². The first-order chi connectivity index (χ1) is 4.72. The number of carbonyl (C=O) groups is 1. The quantitative estimate of drug-likeness (QED) is 0.516. The second-order valence-electron chi connectivity index (χ2n) is 1.76. The fourth-order valence-electron chi connectivity index (χ4n) is 0.623. The topological polar surface area (TPSA) is 17.1 Å². The SMILES string of the molecule is O=C1C=CC=CC1=C(Cl)Cl. The smallest absolute Gasteiger partial charge is 0.188 e. The molecule has 0 aromatic carbocycles. The van der Waals surface area contributed by atoms with Crippen LogP contribution in [0.1, 0.15) is 0 Å². The Morgan fingerprint density at radius 1 is 1.20 bits per heavy atom. The van der Waals surface area contributed by atoms with Gasteiger partial charge in [0.2, 0.25) is 0 Å². The van der Waals surface area contributed by atoms with E-state index in [0.717, 1.165) is 0 Å². The van der Waals surface area contributed by atoms with E-state index in [2.05, 4.69) is 0 Å². The summed E-state index contributed by atoms with van der Waals surface area (Å²) in [4.78, 5) is 10.9. The maximum atomic E-state index is 10.9. The lowest BCUT2D eigenvalue weighted by Gasteiger charge is -1.98. The average molecular weight is 175 g/mol. The monoisotopic (exact) mass is 174 g/mol. The molecule has 0 spiro atoms. The van der Waals surface area contributed by atoms with E-state index >= 15 is 0 Å². The highest BCUT2D eigenvalue weighted by molar-refractivity contribution is 6.57. The highest BCUT2D eigenvalue weighted by atomic mass is 35.5. The Kier molecular flexibility index (Phi) is 2.30. The average Bonchev–Trinajstić information content (AvgIpc) is 1.88. The van der Waals surface area contributed by atoms with Gasteiger partial charge in [-0.15, -0.1) is 0 Å². The van der Waals surface area contributed by atoms with Gasteiger partial charge in [0.15, 0.2) is 5.78 Å². The zero-order valence-corrected chi connectivity index (χ0v) is 6.49. The molecule has 0 heterocycles. The first-order valence-corrected chi connectivity index (χ1v) is 3.42. The summed E-state index contributed by atoms with van der Waals surface area (Å²) >= 11 is 10.8. The summed E-state index contributed by atoms with van der Waals surface area (Å²) in [7, 11) is 0. The maximum Gasteiger partial charge on any atom is 0.188 e. The zero-order valence-electron chi connectivity index (χ0n) is 4.97. The van der Waals surface area contributed by atoms with E-state index in [1.807, 2.05) is 0 Å². The molecule has 0 saturated carbocycles. The lowest BCUT2D eigenvalue weighted by molar-refractivity contribution is -0.111. The largest absolute Gasteiger partial charge is 0.289 e. The van der Waals surface area contributed by atoms with Gasteiger partial charge in [-0.25, -0.2) is 0 Å². The van der Waals surface area contributed by atoms with Crippen molar-refractivity contribution in [3.05, 3.63) is 34.4 Å². The van der Waals surface area contributed by atoms with Crippen molar-refractivity contribution in [1.82, 2.24) is 0 Å². The summed E-state index contributed by atoms with van der Waals surface area (Å²) in [5, 5.41) is 0. The minimum absolute atomic E-state index is 0.0191. The Morgan fingerprint density at radius 3 is 2.20 bits per heavy atom. The summed E-state index contributed by atoms with van der Waals surface area (Å²) in [5.41, 5.74) is 0.353. The van der Waals surface area contributed by atoms with Crippen LogP contribution in [0.3, 0.4) is 0 Å². The molecule has 0 aromatic heterocycles. The molecule has 0 saturated heterocycles. The van der Waals surface area contributed by atoms with Gasteiger partial charge < -0.3 is 0 Å². The fraction of sp³-hybridized carbons (Fsp3) is 0. The molecule has 10 heavy (non-hydrogen) atoms. The van der Waals surface area contributed by atoms with Crippen molar-refractivity contribution in [3.8, 4) is 0 Å². The maximum absolute atomic E-state index is 10.9. The molecule has 0 fully saturated rings. The van der Waals surface area contributed by atoms with E-state index in [1.165, 1.54) is 6.08 Å². The summed E-state index contributed by atoms with van der Waals surface area (Å²) in [6.45, 7) is 0. The van der Waals surface area contributed by atoms with Crippen LogP contribution < -0.4 is 0 Å². The van der Waals surface area contributed by atoms with Crippen LogP contribution in [0.25, 0.3) is 0 Å². The molecule has 0 N–H and O–H groups in total. The lowest BCUT2D eigenvalue weighted by atomic mass is 10.1. The Labute approximate surface area is 68.6 Å². The molecule has 0 aliphatic heterocycles. The molecule has 0 radical (unpaired) electrons. The second kappa shape index (κ2) is 3.04. The van der Waals surface area contributed by atoms with Gasteiger partial charge in [-0.3, -0.25) is 4.79 Å². The van der Waals surface area contributed by atoms with Gasteiger partial charge >= 0.3 is 0 Å². The summed E-state index contributed by atoms with van der Waals surface area (Å²) in [6, 6.07) is 0. The molecule has 0 atom stereocenters. The third kappa shape index (κ3) is 1.49. The van der Waals surface area contributed by atoms with Gasteiger partial charge in [-0.2, -0.15) is 0 Å². The van der Waals surface area contributed by atoms with Crippen molar-refractivity contribution in [3.63, 3.8) is 0 Å². The molecule has 0 bridgehead atoms. The third-order valence-corrected chi connectivity index (χ3v) is 1.50. The standard InChI is InChI=1S/C7H4Cl2O/c8-7(9)5-3-1-2-4-6(5)10/h1-4H. The fourth-order valence-corrected chi connectivity index (χ4v) is 0.935. The van der Waals surface area contributed by atoms with Gasteiger partial charge in [-0.05, 0) is 12.2 Å². The van der Waals surface area contributed by atoms with Gasteiger partial charge in [0.1, 0.15) is 4.49 Å². The minimum atomic E-state index is -0.150. The Bertz CT molecular complexity index is 244. The molecule has 1 rings (SSSR count). The molecule has 0 amide bonds. The number of allylic oxidation sites excluding steroid dienone is 5. The van der Waals surface area contributed by atoms with Gasteiger partial charge in [0.25, 0.3) is 0 Å². The highest BCUT2D eigenvalue weighted by Crippen LogP contribution is 2.18. The van der Waals surface area contributed by atoms with E-state index in [1.54, 1.807) is 18.2 Å². The van der Waals surface area contributed by atoms with Crippen LogP contribution in [0.15, 0.2) is 34.4 Å². The molecule has 1 aliphatic carbocycles. The van der Waals surface area contributed by atoms with Crippen molar-refractivity contribution in [2.45, 2.75) is 0 Å². The summed E-state index contributed by atoms with van der Waals surface area (Å²) < 4.78 is 0.0191. The molecule has 0 unspecified atom stereocenters. The predicted octanol–water partition coefficient (Wildman–Crippen LogP) is 2.37. The molecule has 3 heteroatoms. The number of hydrogen-bond acceptors (Lipinski definition) is 1. The van der Waals surface area contributed by atoms with Crippen LogP contribution in [0.2, 0.25) is 0 Å². The first kappa shape index (κ1) is 7.58. The molecule has 1 aliphatic rings. The minimum Gasteiger partial charge on any atom is -0.289 e. The first-order valence-electron chi connectivity index (χ1n) is 2.66. The Balaban J connectivity index is 3.02. The van der Waals surface area contributed by atoms with E-state index in [9.17, 15) is 4.79 Å². The zero-order chi connectivity index (χ0) is 7.56. The van der Waals surface area contributed by atoms with E-state index in [-0.39, 0.29) is 10.3 Å². The number of rotatable bonds is 0. The van der Waals surface area contributed by atoms with Crippen molar-refractivity contribution < 1.29 is 4.79 Å². The number of carbonyl (C=O) groups excluding carboxylic acids is 1. The van der Waals surface area contributed by atoms with Crippen molar-refractivity contribution in [2.75, 3.05) is 0 Å². The summed E-state index contributed by atoms with van der Waals surface area (Å²) in [5.74, 6) is -0.150. The number of ketones is 1. The number of halogens is 2. The van der Waals surface area contributed by atoms with E-state index in [4.69, 9.17) is 23.2 Å². The van der Waals surface area contributed by atoms with E-state index < -0.39 is 0 Å². The summed E-state index contributed by atoms with van der Waals surface area (Å²) in [6.07, 6.45) is 6.35. The van der Waals surface area contributed by atoms with Crippen molar-refractivity contribution in [1.29, 1.82) is 0 Å². The Hall–Kier alpha value is -0.530. The number of hydrogen-bond donors (Lipinski definition) is 0. The van der Waals surface area contributed by atoms with Gasteiger partial charge in [0.05, 0.1) is 5.57 Å². The van der Waals surface area contributed by atoms with Crippen LogP contribution in [-0.4, -0.2) is 5.78 Å². The second-order valence-corrected chi connectivity index (χ2v) is 2.71. The van der Waals surface area contributed by atoms with Crippen molar-refractivity contribution in [2.24, 2.45) is 0 Å². The highest BCUT2D eigenvalue weighted by Gasteiger charge is 2.08. The third-order valence-electron chi connectivity index (χ3n) is 1.09. The van der Waals surface area contributed by atoms with Gasteiger partial charge in [-0.1, -0.05) is 35.4 Å². The van der Waals surface area contributed by atoms with Crippen LogP contribution in [0.4, 0.5) is 0 Å². The van der Waals surface area contributed by atoms with Crippen LogP contribution in [-0.2, 0) is 4.79 Å². The lowest BCUT2D eigenvalue weighted by Crippen LogP contribution is -1.98. The predicted molar refractivity (Wildman–Crippen MR) is 42.0 cm³/mol. The van der Waals surface area contributed by atoms with E-state index in [0.29, 0.717) is 5.57 Å². The van der Waals surface area contributed by atoms with Crippen LogP contribution in [0, 0.1) is 0 Å². The molecule has 0 aromatic rings. The Morgan fingerprint density at radius 2 is 1.80 bits per heavy atom. The van der Waals surface area contributed by atoms with Gasteiger partial charge in [0, 0.05) is 0 Å². The van der Waals surface area contributed by atoms with Crippen LogP contribution in [0.5, 0.6) is 0 Å². The van der Waals surface area contributed by atoms with Crippen LogP contribution >= 0.6 is 23.2 Å². The molecule has 1 nitrogen and oxygen atoms in total. The molecular weight excluding hydrogens is 171 g/mol.